The van der Waals surface area contributed by atoms with Crippen LogP contribution in [-0.4, -0.2) is 17.2 Å². The minimum Gasteiger partial charge on any atom is -0.505 e. The van der Waals surface area contributed by atoms with Crippen LogP contribution >= 0.6 is 11.3 Å². The molecule has 0 unspecified atom stereocenters. The third-order valence-corrected chi connectivity index (χ3v) is 3.83. The molecule has 2 aromatic carbocycles. The van der Waals surface area contributed by atoms with Gasteiger partial charge in [0.1, 0.15) is 27.8 Å². The summed E-state index contributed by atoms with van der Waals surface area (Å²) in [6, 6.07) is 9.46. The number of benzene rings is 2. The van der Waals surface area contributed by atoms with Crippen LogP contribution in [0.1, 0.15) is 0 Å². The molecule has 1 aromatic heterocycles. The summed E-state index contributed by atoms with van der Waals surface area (Å²) in [5.41, 5.74) is 1.35. The third kappa shape index (κ3) is 2.13. The summed E-state index contributed by atoms with van der Waals surface area (Å²) in [5, 5.41) is 10.6. The van der Waals surface area contributed by atoms with Crippen LogP contribution in [0.2, 0.25) is 0 Å². The second-order valence-corrected chi connectivity index (χ2v) is 5.05. The standard InChI is InChI=1S/C14H10FNO2S/c1-18-10-6-11(17)13-12(7-10)19-14(16-13)8-2-4-9(15)5-3-8/h2-7,17H,1H3. The Morgan fingerprint density at radius 2 is 1.95 bits per heavy atom. The predicted octanol–water partition coefficient (Wildman–Crippen LogP) is 3.82. The Kier molecular flexibility index (Phi) is 2.83. The zero-order valence-electron chi connectivity index (χ0n) is 10.1. The highest BCUT2D eigenvalue weighted by atomic mass is 32.1. The summed E-state index contributed by atoms with van der Waals surface area (Å²) in [6.45, 7) is 0. The summed E-state index contributed by atoms with van der Waals surface area (Å²) in [5.74, 6) is 0.382. The van der Waals surface area contributed by atoms with E-state index in [1.807, 2.05) is 6.07 Å². The molecule has 0 amide bonds. The van der Waals surface area contributed by atoms with Crippen LogP contribution in [0.15, 0.2) is 36.4 Å². The molecule has 0 radical (unpaired) electrons. The molecular formula is C14H10FNO2S. The summed E-state index contributed by atoms with van der Waals surface area (Å²) in [7, 11) is 1.54. The van der Waals surface area contributed by atoms with Gasteiger partial charge in [-0.15, -0.1) is 11.3 Å². The molecule has 0 aliphatic rings. The Morgan fingerprint density at radius 3 is 2.63 bits per heavy atom. The van der Waals surface area contributed by atoms with Gasteiger partial charge >= 0.3 is 0 Å². The number of nitrogens with zero attached hydrogens (tertiary/aromatic N) is 1. The Morgan fingerprint density at radius 1 is 1.21 bits per heavy atom. The number of rotatable bonds is 2. The monoisotopic (exact) mass is 275 g/mol. The first kappa shape index (κ1) is 11.9. The van der Waals surface area contributed by atoms with E-state index in [2.05, 4.69) is 4.98 Å². The first-order valence-corrected chi connectivity index (χ1v) is 6.42. The highest BCUT2D eigenvalue weighted by Gasteiger charge is 2.11. The predicted molar refractivity (Wildman–Crippen MR) is 73.2 cm³/mol. The number of hydrogen-bond donors (Lipinski definition) is 1. The highest BCUT2D eigenvalue weighted by Crippen LogP contribution is 2.37. The number of methoxy groups -OCH3 is 1. The fourth-order valence-corrected chi connectivity index (χ4v) is 2.84. The van der Waals surface area contributed by atoms with E-state index in [1.54, 1.807) is 19.2 Å². The lowest BCUT2D eigenvalue weighted by Crippen LogP contribution is -1.82. The molecule has 1 N–H and O–H groups in total. The summed E-state index contributed by atoms with van der Waals surface area (Å²) in [6.07, 6.45) is 0. The van der Waals surface area contributed by atoms with Gasteiger partial charge in [0.2, 0.25) is 0 Å². The zero-order valence-corrected chi connectivity index (χ0v) is 10.9. The maximum absolute atomic E-state index is 12.9. The van der Waals surface area contributed by atoms with Gasteiger partial charge in [-0.25, -0.2) is 9.37 Å². The number of hydrogen-bond acceptors (Lipinski definition) is 4. The minimum absolute atomic E-state index is 0.0824. The number of phenols is 1. The van der Waals surface area contributed by atoms with E-state index in [0.717, 1.165) is 15.3 Å². The maximum Gasteiger partial charge on any atom is 0.146 e. The molecule has 0 saturated carbocycles. The van der Waals surface area contributed by atoms with E-state index in [4.69, 9.17) is 4.74 Å². The largest absolute Gasteiger partial charge is 0.505 e. The average molecular weight is 275 g/mol. The second kappa shape index (κ2) is 4.51. The van der Waals surface area contributed by atoms with Gasteiger partial charge in [-0.1, -0.05) is 0 Å². The Labute approximate surface area is 112 Å². The zero-order chi connectivity index (χ0) is 13.4. The van der Waals surface area contributed by atoms with Gasteiger partial charge in [0.25, 0.3) is 0 Å². The van der Waals surface area contributed by atoms with Gasteiger partial charge in [0.15, 0.2) is 0 Å². The van der Waals surface area contributed by atoms with Crippen LogP contribution in [0.25, 0.3) is 20.8 Å². The van der Waals surface area contributed by atoms with Crippen molar-refractivity contribution in [2.45, 2.75) is 0 Å². The van der Waals surface area contributed by atoms with E-state index >= 15 is 0 Å². The molecule has 0 saturated heterocycles. The number of fused-ring (bicyclic) bond motifs is 1. The van der Waals surface area contributed by atoms with E-state index in [9.17, 15) is 9.50 Å². The summed E-state index contributed by atoms with van der Waals surface area (Å²) < 4.78 is 18.8. The molecule has 3 rings (SSSR count). The number of aromatic nitrogens is 1. The number of aromatic hydroxyl groups is 1. The fraction of sp³-hybridized carbons (Fsp3) is 0.0714. The van der Waals surface area contributed by atoms with E-state index in [1.165, 1.54) is 29.5 Å². The van der Waals surface area contributed by atoms with Crippen LogP contribution in [-0.2, 0) is 0 Å². The van der Waals surface area contributed by atoms with Crippen LogP contribution < -0.4 is 4.74 Å². The van der Waals surface area contributed by atoms with Crippen LogP contribution in [0.3, 0.4) is 0 Å². The molecule has 0 fully saturated rings. The number of ether oxygens (including phenoxy) is 1. The van der Waals surface area contributed by atoms with Gasteiger partial charge in [-0.05, 0) is 30.3 Å². The Bertz CT molecular complexity index is 737. The van der Waals surface area contributed by atoms with Crippen molar-refractivity contribution in [1.29, 1.82) is 0 Å². The molecule has 19 heavy (non-hydrogen) atoms. The number of thiazole rings is 1. The van der Waals surface area contributed by atoms with Crippen molar-refractivity contribution in [2.75, 3.05) is 7.11 Å². The van der Waals surface area contributed by atoms with Crippen molar-refractivity contribution in [3.05, 3.63) is 42.2 Å². The quantitative estimate of drug-likeness (QED) is 0.773. The molecular weight excluding hydrogens is 265 g/mol. The molecule has 5 heteroatoms. The minimum atomic E-state index is -0.283. The van der Waals surface area contributed by atoms with Crippen molar-refractivity contribution in [1.82, 2.24) is 4.98 Å². The van der Waals surface area contributed by atoms with Crippen LogP contribution in [0, 0.1) is 5.82 Å². The van der Waals surface area contributed by atoms with Gasteiger partial charge in [0, 0.05) is 11.6 Å². The van der Waals surface area contributed by atoms with E-state index in [-0.39, 0.29) is 11.6 Å². The normalized spacial score (nSPS) is 10.8. The fourth-order valence-electron chi connectivity index (χ4n) is 1.82. The molecule has 96 valence electrons. The van der Waals surface area contributed by atoms with Crippen molar-refractivity contribution < 1.29 is 14.2 Å². The average Bonchev–Trinajstić information content (AvgIpc) is 2.84. The topological polar surface area (TPSA) is 42.4 Å². The van der Waals surface area contributed by atoms with Crippen molar-refractivity contribution in [3.8, 4) is 22.1 Å². The Hall–Kier alpha value is -2.14. The van der Waals surface area contributed by atoms with E-state index < -0.39 is 0 Å². The molecule has 3 aromatic rings. The molecule has 3 nitrogen and oxygen atoms in total. The molecule has 0 bridgehead atoms. The van der Waals surface area contributed by atoms with Gasteiger partial charge < -0.3 is 9.84 Å². The highest BCUT2D eigenvalue weighted by molar-refractivity contribution is 7.21. The SMILES string of the molecule is COc1cc(O)c2nc(-c3ccc(F)cc3)sc2c1. The first-order valence-electron chi connectivity index (χ1n) is 5.61. The maximum atomic E-state index is 12.9. The van der Waals surface area contributed by atoms with E-state index in [0.29, 0.717) is 11.3 Å². The molecule has 0 atom stereocenters. The molecule has 0 aliphatic carbocycles. The van der Waals surface area contributed by atoms with Gasteiger partial charge in [0.05, 0.1) is 11.8 Å². The Balaban J connectivity index is 2.16. The van der Waals surface area contributed by atoms with Crippen molar-refractivity contribution in [2.24, 2.45) is 0 Å². The lowest BCUT2D eigenvalue weighted by atomic mass is 10.2. The number of phenolic OH excluding ortho intramolecular Hbond substituents is 1. The lowest BCUT2D eigenvalue weighted by molar-refractivity contribution is 0.409. The van der Waals surface area contributed by atoms with Crippen molar-refractivity contribution in [3.63, 3.8) is 0 Å². The molecule has 0 spiro atoms. The first-order chi connectivity index (χ1) is 9.17. The van der Waals surface area contributed by atoms with Crippen LogP contribution in [0.5, 0.6) is 11.5 Å². The summed E-state index contributed by atoms with van der Waals surface area (Å²) in [4.78, 5) is 4.38. The third-order valence-electron chi connectivity index (χ3n) is 2.78. The molecule has 1 heterocycles. The number of halogens is 1. The van der Waals surface area contributed by atoms with Gasteiger partial charge in [-0.3, -0.25) is 0 Å². The van der Waals surface area contributed by atoms with Crippen LogP contribution in [0.4, 0.5) is 4.39 Å². The van der Waals surface area contributed by atoms with Gasteiger partial charge in [-0.2, -0.15) is 0 Å². The second-order valence-electron chi connectivity index (χ2n) is 4.02. The molecule has 0 aliphatic heterocycles. The smallest absolute Gasteiger partial charge is 0.146 e. The van der Waals surface area contributed by atoms with Crippen molar-refractivity contribution >= 4 is 21.6 Å². The lowest BCUT2D eigenvalue weighted by Gasteiger charge is -1.99. The summed E-state index contributed by atoms with van der Waals surface area (Å²) >= 11 is 1.43.